The third-order valence-electron chi connectivity index (χ3n) is 3.20. The van der Waals surface area contributed by atoms with E-state index in [9.17, 15) is 5.11 Å². The highest BCUT2D eigenvalue weighted by Gasteiger charge is 2.11. The van der Waals surface area contributed by atoms with Gasteiger partial charge >= 0.3 is 0 Å². The minimum atomic E-state index is -0.574. The fraction of sp³-hybridized carbons (Fsp3) is 0.250. The van der Waals surface area contributed by atoms with Crippen molar-refractivity contribution in [3.8, 4) is 11.4 Å². The minimum Gasteiger partial charge on any atom is -0.389 e. The molecular formula is C16H17N3O2S. The van der Waals surface area contributed by atoms with Crippen LogP contribution >= 0.6 is 11.3 Å². The quantitative estimate of drug-likeness (QED) is 0.728. The van der Waals surface area contributed by atoms with Gasteiger partial charge < -0.3 is 14.4 Å². The molecule has 0 radical (unpaired) electrons. The highest BCUT2D eigenvalue weighted by atomic mass is 32.1. The Balaban J connectivity index is 1.56. The van der Waals surface area contributed by atoms with Crippen molar-refractivity contribution >= 4 is 11.3 Å². The van der Waals surface area contributed by atoms with Gasteiger partial charge in [-0.25, -0.2) is 4.98 Å². The minimum absolute atomic E-state index is 0.297. The molecule has 0 aliphatic rings. The number of ether oxygens (including phenoxy) is 1. The van der Waals surface area contributed by atoms with Crippen LogP contribution in [0.15, 0.2) is 54.4 Å². The fourth-order valence-electron chi connectivity index (χ4n) is 2.19. The molecule has 3 heterocycles. The summed E-state index contributed by atoms with van der Waals surface area (Å²) in [6, 6.07) is 7.82. The second kappa shape index (κ2) is 7.31. The SMILES string of the molecule is O[C@@H](COCc1cccs1)Cn1ccnc1-c1ccncc1. The van der Waals surface area contributed by atoms with Gasteiger partial charge in [0.15, 0.2) is 0 Å². The lowest BCUT2D eigenvalue weighted by Gasteiger charge is -2.14. The summed E-state index contributed by atoms with van der Waals surface area (Å²) in [6.07, 6.45) is 6.48. The van der Waals surface area contributed by atoms with Gasteiger partial charge in [-0.05, 0) is 23.6 Å². The summed E-state index contributed by atoms with van der Waals surface area (Å²) in [5, 5.41) is 12.2. The molecule has 0 saturated heterocycles. The Kier molecular flexibility index (Phi) is 4.95. The van der Waals surface area contributed by atoms with Crippen molar-refractivity contribution in [3.05, 3.63) is 59.3 Å². The normalized spacial score (nSPS) is 12.4. The van der Waals surface area contributed by atoms with Crippen LogP contribution in [-0.2, 0) is 17.9 Å². The molecule has 0 saturated carbocycles. The summed E-state index contributed by atoms with van der Waals surface area (Å²) in [4.78, 5) is 9.51. The van der Waals surface area contributed by atoms with Crippen LogP contribution < -0.4 is 0 Å². The van der Waals surface area contributed by atoms with E-state index in [1.807, 2.05) is 40.4 Å². The first kappa shape index (κ1) is 14.9. The summed E-state index contributed by atoms with van der Waals surface area (Å²) < 4.78 is 7.48. The Morgan fingerprint density at radius 2 is 2.09 bits per heavy atom. The van der Waals surface area contributed by atoms with Gasteiger partial charge in [0, 0.05) is 35.2 Å². The van der Waals surface area contributed by atoms with Crippen LogP contribution in [0.2, 0.25) is 0 Å². The van der Waals surface area contributed by atoms with Gasteiger partial charge in [0.25, 0.3) is 0 Å². The molecule has 0 spiro atoms. The lowest BCUT2D eigenvalue weighted by molar-refractivity contribution is 0.0215. The highest BCUT2D eigenvalue weighted by molar-refractivity contribution is 7.09. The molecule has 5 nitrogen and oxygen atoms in total. The second-order valence-corrected chi connectivity index (χ2v) is 5.92. The van der Waals surface area contributed by atoms with Gasteiger partial charge in [0.1, 0.15) is 5.82 Å². The van der Waals surface area contributed by atoms with Crippen LogP contribution in [0.5, 0.6) is 0 Å². The first-order valence-corrected chi connectivity index (χ1v) is 7.90. The number of rotatable bonds is 7. The number of thiophene rings is 1. The van der Waals surface area contributed by atoms with Crippen molar-refractivity contribution in [1.29, 1.82) is 0 Å². The molecule has 0 aromatic carbocycles. The summed E-state index contributed by atoms with van der Waals surface area (Å²) in [5.41, 5.74) is 0.978. The fourth-order valence-corrected chi connectivity index (χ4v) is 2.83. The topological polar surface area (TPSA) is 60.2 Å². The molecule has 0 fully saturated rings. The molecule has 0 bridgehead atoms. The molecular weight excluding hydrogens is 298 g/mol. The van der Waals surface area contributed by atoms with E-state index in [0.29, 0.717) is 19.8 Å². The van der Waals surface area contributed by atoms with E-state index in [-0.39, 0.29) is 0 Å². The zero-order valence-electron chi connectivity index (χ0n) is 12.0. The van der Waals surface area contributed by atoms with Gasteiger partial charge in [0.2, 0.25) is 0 Å². The van der Waals surface area contributed by atoms with Gasteiger partial charge in [0.05, 0.1) is 25.9 Å². The zero-order chi connectivity index (χ0) is 15.2. The first-order chi connectivity index (χ1) is 10.8. The largest absolute Gasteiger partial charge is 0.389 e. The summed E-state index contributed by atoms with van der Waals surface area (Å²) in [6.45, 7) is 1.28. The maximum Gasteiger partial charge on any atom is 0.140 e. The molecule has 0 aliphatic carbocycles. The van der Waals surface area contributed by atoms with Crippen molar-refractivity contribution in [2.45, 2.75) is 19.3 Å². The third-order valence-corrected chi connectivity index (χ3v) is 4.05. The average molecular weight is 315 g/mol. The van der Waals surface area contributed by atoms with E-state index in [2.05, 4.69) is 9.97 Å². The standard InChI is InChI=1S/C16H17N3O2S/c20-14(11-21-12-15-2-1-9-22-15)10-19-8-7-18-16(19)13-3-5-17-6-4-13/h1-9,14,20H,10-12H2/t14-/m1/s1. The number of aliphatic hydroxyl groups excluding tert-OH is 1. The summed E-state index contributed by atoms with van der Waals surface area (Å²) in [7, 11) is 0. The van der Waals surface area contributed by atoms with Gasteiger partial charge in [-0.1, -0.05) is 6.07 Å². The van der Waals surface area contributed by atoms with Crippen molar-refractivity contribution in [1.82, 2.24) is 14.5 Å². The predicted molar refractivity (Wildman–Crippen MR) is 85.4 cm³/mol. The summed E-state index contributed by atoms with van der Waals surface area (Å²) in [5.74, 6) is 0.819. The lowest BCUT2D eigenvalue weighted by atomic mass is 10.2. The van der Waals surface area contributed by atoms with Crippen LogP contribution in [0.25, 0.3) is 11.4 Å². The molecule has 0 aliphatic heterocycles. The Morgan fingerprint density at radius 3 is 2.86 bits per heavy atom. The average Bonchev–Trinajstić information content (AvgIpc) is 3.20. The molecule has 3 aromatic heterocycles. The first-order valence-electron chi connectivity index (χ1n) is 7.02. The number of hydrogen-bond donors (Lipinski definition) is 1. The number of nitrogens with zero attached hydrogens (tertiary/aromatic N) is 3. The smallest absolute Gasteiger partial charge is 0.140 e. The molecule has 0 unspecified atom stereocenters. The van der Waals surface area contributed by atoms with Crippen LogP contribution in [0.1, 0.15) is 4.88 Å². The van der Waals surface area contributed by atoms with Crippen LogP contribution in [0.3, 0.4) is 0 Å². The molecule has 22 heavy (non-hydrogen) atoms. The molecule has 6 heteroatoms. The molecule has 3 aromatic rings. The Morgan fingerprint density at radius 1 is 1.23 bits per heavy atom. The number of aromatic nitrogens is 3. The van der Waals surface area contributed by atoms with E-state index in [1.165, 1.54) is 0 Å². The molecule has 1 atom stereocenters. The monoisotopic (exact) mass is 315 g/mol. The maximum atomic E-state index is 10.1. The van der Waals surface area contributed by atoms with E-state index in [4.69, 9.17) is 4.74 Å². The Hall–Kier alpha value is -2.02. The van der Waals surface area contributed by atoms with Crippen molar-refractivity contribution < 1.29 is 9.84 Å². The van der Waals surface area contributed by atoms with Crippen LogP contribution in [-0.4, -0.2) is 32.4 Å². The third kappa shape index (κ3) is 3.79. The number of pyridine rings is 1. The molecule has 114 valence electrons. The van der Waals surface area contributed by atoms with Crippen molar-refractivity contribution in [3.63, 3.8) is 0 Å². The number of hydrogen-bond acceptors (Lipinski definition) is 5. The Bertz CT molecular complexity index is 683. The lowest BCUT2D eigenvalue weighted by Crippen LogP contribution is -2.22. The van der Waals surface area contributed by atoms with E-state index in [0.717, 1.165) is 16.3 Å². The molecule has 0 amide bonds. The molecule has 3 rings (SSSR count). The number of imidazole rings is 1. The molecule has 1 N–H and O–H groups in total. The van der Waals surface area contributed by atoms with Crippen molar-refractivity contribution in [2.24, 2.45) is 0 Å². The van der Waals surface area contributed by atoms with Gasteiger partial charge in [-0.3, -0.25) is 4.98 Å². The predicted octanol–water partition coefficient (Wildman–Crippen LogP) is 2.58. The highest BCUT2D eigenvalue weighted by Crippen LogP contribution is 2.16. The van der Waals surface area contributed by atoms with Gasteiger partial charge in [-0.2, -0.15) is 0 Å². The number of aliphatic hydroxyl groups is 1. The van der Waals surface area contributed by atoms with E-state index < -0.39 is 6.10 Å². The van der Waals surface area contributed by atoms with E-state index in [1.54, 1.807) is 29.9 Å². The van der Waals surface area contributed by atoms with Crippen LogP contribution in [0, 0.1) is 0 Å². The maximum absolute atomic E-state index is 10.1. The Labute approximate surface area is 132 Å². The second-order valence-electron chi connectivity index (χ2n) is 4.89. The van der Waals surface area contributed by atoms with Gasteiger partial charge in [-0.15, -0.1) is 11.3 Å². The zero-order valence-corrected chi connectivity index (χ0v) is 12.8. The van der Waals surface area contributed by atoms with Crippen molar-refractivity contribution in [2.75, 3.05) is 6.61 Å². The van der Waals surface area contributed by atoms with Crippen LogP contribution in [0.4, 0.5) is 0 Å². The van der Waals surface area contributed by atoms with E-state index >= 15 is 0 Å². The summed E-state index contributed by atoms with van der Waals surface area (Å²) >= 11 is 1.65.